The highest BCUT2D eigenvalue weighted by molar-refractivity contribution is 6.31. The van der Waals surface area contributed by atoms with Gasteiger partial charge in [0, 0.05) is 37.2 Å². The van der Waals surface area contributed by atoms with E-state index in [1.165, 1.54) is 0 Å². The first kappa shape index (κ1) is 14.0. The summed E-state index contributed by atoms with van der Waals surface area (Å²) in [6.45, 7) is 8.24. The van der Waals surface area contributed by atoms with Gasteiger partial charge in [0.2, 0.25) is 0 Å². The third kappa shape index (κ3) is 2.94. The zero-order chi connectivity index (χ0) is 14.0. The lowest BCUT2D eigenvalue weighted by atomic mass is 10.1. The largest absolute Gasteiger partial charge is 0.396 e. The Balaban J connectivity index is 2.20. The van der Waals surface area contributed by atoms with Crippen LogP contribution in [0.3, 0.4) is 0 Å². The average Bonchev–Trinajstić information content (AvgIpc) is 2.41. The SMILES string of the molecule is CC(C)N1CCN(c2cc(Cl)cc(C#N)c2N)CC1. The Bertz CT molecular complexity index is 499. The molecule has 5 heteroatoms. The molecule has 1 fully saturated rings. The Morgan fingerprint density at radius 1 is 1.26 bits per heavy atom. The van der Waals surface area contributed by atoms with E-state index >= 15 is 0 Å². The number of nitrogens with zero attached hydrogens (tertiary/aromatic N) is 3. The topological polar surface area (TPSA) is 56.3 Å². The van der Waals surface area contributed by atoms with E-state index in [0.717, 1.165) is 31.9 Å². The molecule has 102 valence electrons. The summed E-state index contributed by atoms with van der Waals surface area (Å²) < 4.78 is 0. The maximum absolute atomic E-state index is 9.07. The minimum absolute atomic E-state index is 0.453. The molecule has 1 heterocycles. The van der Waals surface area contributed by atoms with Crippen LogP contribution < -0.4 is 10.6 Å². The van der Waals surface area contributed by atoms with Gasteiger partial charge in [-0.15, -0.1) is 0 Å². The molecule has 2 rings (SSSR count). The number of piperazine rings is 1. The van der Waals surface area contributed by atoms with Crippen molar-refractivity contribution in [3.05, 3.63) is 22.7 Å². The summed E-state index contributed by atoms with van der Waals surface area (Å²) in [7, 11) is 0. The van der Waals surface area contributed by atoms with Gasteiger partial charge in [0.05, 0.1) is 16.9 Å². The van der Waals surface area contributed by atoms with Crippen LogP contribution in [0.1, 0.15) is 19.4 Å². The number of hydrogen-bond donors (Lipinski definition) is 1. The zero-order valence-electron chi connectivity index (χ0n) is 11.4. The molecule has 2 N–H and O–H groups in total. The standard InChI is InChI=1S/C14H19ClN4/c1-10(2)18-3-5-19(6-4-18)13-8-12(15)7-11(9-16)14(13)17/h7-8,10H,3-6,17H2,1-2H3. The molecule has 0 saturated carbocycles. The molecule has 1 aliphatic heterocycles. The Hall–Kier alpha value is -1.44. The predicted octanol–water partition coefficient (Wildman–Crippen LogP) is 2.32. The quantitative estimate of drug-likeness (QED) is 0.844. The van der Waals surface area contributed by atoms with Gasteiger partial charge >= 0.3 is 0 Å². The van der Waals surface area contributed by atoms with Gasteiger partial charge in [-0.05, 0) is 26.0 Å². The predicted molar refractivity (Wildman–Crippen MR) is 79.5 cm³/mol. The molecule has 0 aromatic heterocycles. The maximum Gasteiger partial charge on any atom is 0.101 e. The van der Waals surface area contributed by atoms with Gasteiger partial charge in [-0.2, -0.15) is 5.26 Å². The van der Waals surface area contributed by atoms with E-state index in [0.29, 0.717) is 22.3 Å². The normalized spacial score (nSPS) is 16.7. The molecule has 1 aromatic rings. The third-order valence-corrected chi connectivity index (χ3v) is 3.85. The van der Waals surface area contributed by atoms with E-state index in [9.17, 15) is 0 Å². The van der Waals surface area contributed by atoms with Gasteiger partial charge in [0.25, 0.3) is 0 Å². The number of nitriles is 1. The van der Waals surface area contributed by atoms with Crippen molar-refractivity contribution in [1.29, 1.82) is 5.26 Å². The number of rotatable bonds is 2. The molecule has 0 spiro atoms. The zero-order valence-corrected chi connectivity index (χ0v) is 12.1. The van der Waals surface area contributed by atoms with Crippen LogP contribution >= 0.6 is 11.6 Å². The van der Waals surface area contributed by atoms with Gasteiger partial charge in [-0.1, -0.05) is 11.6 Å². The number of nitrogens with two attached hydrogens (primary N) is 1. The summed E-state index contributed by atoms with van der Waals surface area (Å²) in [6.07, 6.45) is 0. The van der Waals surface area contributed by atoms with E-state index in [4.69, 9.17) is 22.6 Å². The minimum atomic E-state index is 0.453. The fourth-order valence-corrected chi connectivity index (χ4v) is 2.65. The molecule has 0 bridgehead atoms. The highest BCUT2D eigenvalue weighted by Gasteiger charge is 2.21. The molecule has 1 aliphatic rings. The number of hydrogen-bond acceptors (Lipinski definition) is 4. The summed E-state index contributed by atoms with van der Waals surface area (Å²) in [5, 5.41) is 9.63. The van der Waals surface area contributed by atoms with Crippen LogP contribution in [-0.4, -0.2) is 37.1 Å². The summed E-state index contributed by atoms with van der Waals surface area (Å²) in [4.78, 5) is 4.64. The highest BCUT2D eigenvalue weighted by atomic mass is 35.5. The first-order valence-electron chi connectivity index (χ1n) is 6.51. The van der Waals surface area contributed by atoms with Crippen LogP contribution in [0.5, 0.6) is 0 Å². The Labute approximate surface area is 119 Å². The van der Waals surface area contributed by atoms with Crippen molar-refractivity contribution < 1.29 is 0 Å². The van der Waals surface area contributed by atoms with Crippen LogP contribution in [0.2, 0.25) is 5.02 Å². The Morgan fingerprint density at radius 3 is 2.42 bits per heavy atom. The van der Waals surface area contributed by atoms with Crippen molar-refractivity contribution in [3.63, 3.8) is 0 Å². The summed E-state index contributed by atoms with van der Waals surface area (Å²) >= 11 is 6.06. The molecule has 1 saturated heterocycles. The van der Waals surface area contributed by atoms with Gasteiger partial charge in [0.1, 0.15) is 6.07 Å². The van der Waals surface area contributed by atoms with E-state index in [-0.39, 0.29) is 0 Å². The van der Waals surface area contributed by atoms with E-state index in [1.54, 1.807) is 6.07 Å². The van der Waals surface area contributed by atoms with Crippen LogP contribution in [0.15, 0.2) is 12.1 Å². The van der Waals surface area contributed by atoms with Crippen LogP contribution in [0.4, 0.5) is 11.4 Å². The molecular formula is C14H19ClN4. The fourth-order valence-electron chi connectivity index (χ4n) is 2.44. The number of anilines is 2. The average molecular weight is 279 g/mol. The molecule has 0 aliphatic carbocycles. The number of benzene rings is 1. The lowest BCUT2D eigenvalue weighted by Gasteiger charge is -2.38. The second kappa shape index (κ2) is 5.68. The summed E-state index contributed by atoms with van der Waals surface area (Å²) in [6, 6.07) is 6.13. The fraction of sp³-hybridized carbons (Fsp3) is 0.500. The van der Waals surface area contributed by atoms with Crippen LogP contribution in [0.25, 0.3) is 0 Å². The van der Waals surface area contributed by atoms with Gasteiger partial charge in [-0.3, -0.25) is 4.90 Å². The monoisotopic (exact) mass is 278 g/mol. The van der Waals surface area contributed by atoms with Crippen LogP contribution in [0, 0.1) is 11.3 Å². The van der Waals surface area contributed by atoms with E-state index in [2.05, 4.69) is 29.7 Å². The molecule has 0 unspecified atom stereocenters. The van der Waals surface area contributed by atoms with Gasteiger partial charge in [0.15, 0.2) is 0 Å². The van der Waals surface area contributed by atoms with E-state index < -0.39 is 0 Å². The van der Waals surface area contributed by atoms with Crippen molar-refractivity contribution in [2.45, 2.75) is 19.9 Å². The van der Waals surface area contributed by atoms with Gasteiger partial charge < -0.3 is 10.6 Å². The summed E-state index contributed by atoms with van der Waals surface area (Å²) in [5.41, 5.74) is 7.92. The van der Waals surface area contributed by atoms with Crippen molar-refractivity contribution >= 4 is 23.0 Å². The third-order valence-electron chi connectivity index (χ3n) is 3.63. The Kier molecular flexibility index (Phi) is 4.18. The number of halogens is 1. The smallest absolute Gasteiger partial charge is 0.101 e. The maximum atomic E-state index is 9.07. The van der Waals surface area contributed by atoms with Crippen molar-refractivity contribution in [3.8, 4) is 6.07 Å². The second-order valence-corrected chi connectivity index (χ2v) is 5.55. The molecule has 0 atom stereocenters. The van der Waals surface area contributed by atoms with Crippen molar-refractivity contribution in [2.24, 2.45) is 0 Å². The molecule has 19 heavy (non-hydrogen) atoms. The molecule has 0 radical (unpaired) electrons. The minimum Gasteiger partial charge on any atom is -0.396 e. The summed E-state index contributed by atoms with van der Waals surface area (Å²) in [5.74, 6) is 0. The van der Waals surface area contributed by atoms with Crippen molar-refractivity contribution in [2.75, 3.05) is 36.8 Å². The molecule has 1 aromatic carbocycles. The lowest BCUT2D eigenvalue weighted by Crippen LogP contribution is -2.49. The number of nitrogen functional groups attached to an aromatic ring is 1. The van der Waals surface area contributed by atoms with E-state index in [1.807, 2.05) is 6.07 Å². The highest BCUT2D eigenvalue weighted by Crippen LogP contribution is 2.31. The molecule has 0 amide bonds. The molecule has 4 nitrogen and oxygen atoms in total. The Morgan fingerprint density at radius 2 is 1.89 bits per heavy atom. The van der Waals surface area contributed by atoms with Crippen molar-refractivity contribution in [1.82, 2.24) is 4.90 Å². The first-order valence-corrected chi connectivity index (χ1v) is 6.89. The molecular weight excluding hydrogens is 260 g/mol. The first-order chi connectivity index (χ1) is 9.02. The van der Waals surface area contributed by atoms with Gasteiger partial charge in [-0.25, -0.2) is 0 Å². The second-order valence-electron chi connectivity index (χ2n) is 5.11. The lowest BCUT2D eigenvalue weighted by molar-refractivity contribution is 0.209. The van der Waals surface area contributed by atoms with Crippen LogP contribution in [-0.2, 0) is 0 Å².